The second-order valence-corrected chi connectivity index (χ2v) is 5.63. The Bertz CT molecular complexity index is 649. The summed E-state index contributed by atoms with van der Waals surface area (Å²) in [5, 5.41) is 3.39. The van der Waals surface area contributed by atoms with E-state index in [1.165, 1.54) is 0 Å². The highest BCUT2D eigenvalue weighted by molar-refractivity contribution is 9.10. The number of amides is 1. The molecule has 2 aromatic rings. The number of nitrogen functional groups attached to an aromatic ring is 1. The van der Waals surface area contributed by atoms with E-state index in [4.69, 9.17) is 22.1 Å². The van der Waals surface area contributed by atoms with Crippen LogP contribution in [-0.2, 0) is 4.79 Å². The van der Waals surface area contributed by atoms with E-state index in [0.29, 0.717) is 22.1 Å². The molecule has 0 unspecified atom stereocenters. The van der Waals surface area contributed by atoms with Crippen LogP contribution < -0.4 is 15.8 Å². The van der Waals surface area contributed by atoms with Crippen molar-refractivity contribution in [2.45, 2.75) is 6.42 Å². The fourth-order valence-corrected chi connectivity index (χ4v) is 2.45. The Morgan fingerprint density at radius 1 is 1.29 bits per heavy atom. The molecule has 2 aromatic carbocycles. The summed E-state index contributed by atoms with van der Waals surface area (Å²) < 4.78 is 6.21. The zero-order valence-electron chi connectivity index (χ0n) is 11.1. The van der Waals surface area contributed by atoms with Gasteiger partial charge in [-0.2, -0.15) is 0 Å². The van der Waals surface area contributed by atoms with Gasteiger partial charge in [0.2, 0.25) is 5.91 Å². The molecule has 0 atom stereocenters. The molecule has 110 valence electrons. The van der Waals surface area contributed by atoms with Gasteiger partial charge in [0.05, 0.1) is 18.7 Å². The fraction of sp³-hybridized carbons (Fsp3) is 0.133. The Kier molecular flexibility index (Phi) is 5.47. The number of nitrogens with one attached hydrogen (secondary N) is 1. The highest BCUT2D eigenvalue weighted by atomic mass is 79.9. The molecule has 0 saturated carbocycles. The first-order valence-corrected chi connectivity index (χ1v) is 7.45. The zero-order chi connectivity index (χ0) is 15.2. The summed E-state index contributed by atoms with van der Waals surface area (Å²) in [6.45, 7) is 0.278. The van der Waals surface area contributed by atoms with E-state index in [9.17, 15) is 4.79 Å². The predicted octanol–water partition coefficient (Wildman–Crippen LogP) is 4.09. The Hall–Kier alpha value is -1.72. The van der Waals surface area contributed by atoms with Gasteiger partial charge in [-0.3, -0.25) is 4.79 Å². The largest absolute Gasteiger partial charge is 0.493 e. The summed E-state index contributed by atoms with van der Waals surface area (Å²) in [7, 11) is 0. The fourth-order valence-electron chi connectivity index (χ4n) is 1.67. The Labute approximate surface area is 136 Å². The van der Waals surface area contributed by atoms with Gasteiger partial charge >= 0.3 is 0 Å². The molecule has 1 amide bonds. The molecule has 6 heteroatoms. The van der Waals surface area contributed by atoms with Crippen LogP contribution in [0.4, 0.5) is 11.4 Å². The van der Waals surface area contributed by atoms with Crippen molar-refractivity contribution in [3.8, 4) is 5.75 Å². The van der Waals surface area contributed by atoms with Crippen molar-refractivity contribution >= 4 is 44.8 Å². The Morgan fingerprint density at radius 3 is 2.81 bits per heavy atom. The van der Waals surface area contributed by atoms with Gasteiger partial charge < -0.3 is 15.8 Å². The summed E-state index contributed by atoms with van der Waals surface area (Å²) in [5.41, 5.74) is 6.95. The monoisotopic (exact) mass is 368 g/mol. The molecule has 0 radical (unpaired) electrons. The normalized spacial score (nSPS) is 10.2. The number of hydrogen-bond donors (Lipinski definition) is 2. The third-order valence-electron chi connectivity index (χ3n) is 2.66. The molecule has 0 aromatic heterocycles. The lowest BCUT2D eigenvalue weighted by atomic mass is 10.3. The lowest BCUT2D eigenvalue weighted by molar-refractivity contribution is -0.116. The molecular formula is C15H14BrClN2O2. The van der Waals surface area contributed by atoms with Crippen LogP contribution in [0.25, 0.3) is 0 Å². The number of carbonyl (C=O) groups is 1. The molecule has 0 bridgehead atoms. The van der Waals surface area contributed by atoms with Crippen molar-refractivity contribution < 1.29 is 9.53 Å². The van der Waals surface area contributed by atoms with Crippen LogP contribution in [-0.4, -0.2) is 12.5 Å². The predicted molar refractivity (Wildman–Crippen MR) is 88.7 cm³/mol. The van der Waals surface area contributed by atoms with Gasteiger partial charge in [0.1, 0.15) is 5.75 Å². The molecule has 0 fully saturated rings. The minimum absolute atomic E-state index is 0.137. The number of nitrogens with two attached hydrogens (primary N) is 1. The molecule has 0 saturated heterocycles. The summed E-state index contributed by atoms with van der Waals surface area (Å²) in [4.78, 5) is 11.8. The van der Waals surface area contributed by atoms with Gasteiger partial charge in [-0.05, 0) is 46.3 Å². The maximum atomic E-state index is 11.8. The molecule has 2 rings (SSSR count). The van der Waals surface area contributed by atoms with Gasteiger partial charge in [0, 0.05) is 21.2 Å². The third-order valence-corrected chi connectivity index (χ3v) is 3.55. The van der Waals surface area contributed by atoms with Crippen molar-refractivity contribution in [1.29, 1.82) is 0 Å². The number of hydrogen-bond acceptors (Lipinski definition) is 3. The summed E-state index contributed by atoms with van der Waals surface area (Å²) in [6.07, 6.45) is 0.240. The van der Waals surface area contributed by atoms with Crippen molar-refractivity contribution in [3.05, 3.63) is 52.0 Å². The van der Waals surface area contributed by atoms with E-state index in [0.717, 1.165) is 4.47 Å². The number of halogens is 2. The highest BCUT2D eigenvalue weighted by Crippen LogP contribution is 2.26. The molecule has 0 heterocycles. The maximum absolute atomic E-state index is 11.8. The quantitative estimate of drug-likeness (QED) is 0.780. The molecule has 3 N–H and O–H groups in total. The number of ether oxygens (including phenoxy) is 1. The van der Waals surface area contributed by atoms with Crippen LogP contribution in [0.2, 0.25) is 5.02 Å². The van der Waals surface area contributed by atoms with E-state index in [-0.39, 0.29) is 18.9 Å². The Morgan fingerprint density at radius 2 is 2.10 bits per heavy atom. The number of carbonyl (C=O) groups excluding carboxylic acids is 1. The average Bonchev–Trinajstić information content (AvgIpc) is 2.42. The smallest absolute Gasteiger partial charge is 0.227 e. The molecule has 0 aliphatic rings. The molecule has 0 spiro atoms. The van der Waals surface area contributed by atoms with E-state index >= 15 is 0 Å². The summed E-state index contributed by atoms with van der Waals surface area (Å²) >= 11 is 9.19. The number of anilines is 2. The minimum atomic E-state index is -0.137. The molecule has 0 aliphatic carbocycles. The van der Waals surface area contributed by atoms with E-state index in [1.54, 1.807) is 42.5 Å². The maximum Gasteiger partial charge on any atom is 0.227 e. The average molecular weight is 370 g/mol. The summed E-state index contributed by atoms with van der Waals surface area (Å²) in [5.74, 6) is 0.511. The third kappa shape index (κ3) is 4.95. The molecular weight excluding hydrogens is 356 g/mol. The van der Waals surface area contributed by atoms with Crippen molar-refractivity contribution in [3.63, 3.8) is 0 Å². The van der Waals surface area contributed by atoms with E-state index in [1.807, 2.05) is 0 Å². The van der Waals surface area contributed by atoms with Crippen LogP contribution >= 0.6 is 27.5 Å². The van der Waals surface area contributed by atoms with E-state index in [2.05, 4.69) is 21.2 Å². The number of benzene rings is 2. The van der Waals surface area contributed by atoms with Crippen LogP contribution in [0.5, 0.6) is 5.75 Å². The second kappa shape index (κ2) is 7.33. The number of rotatable bonds is 5. The van der Waals surface area contributed by atoms with Gasteiger partial charge in [-0.1, -0.05) is 17.7 Å². The molecule has 4 nitrogen and oxygen atoms in total. The highest BCUT2D eigenvalue weighted by Gasteiger charge is 2.06. The zero-order valence-corrected chi connectivity index (χ0v) is 13.4. The molecule has 0 aliphatic heterocycles. The van der Waals surface area contributed by atoms with Crippen LogP contribution in [0.3, 0.4) is 0 Å². The minimum Gasteiger partial charge on any atom is -0.493 e. The van der Waals surface area contributed by atoms with Gasteiger partial charge in [0.25, 0.3) is 0 Å². The Balaban J connectivity index is 1.82. The van der Waals surface area contributed by atoms with Crippen LogP contribution in [0, 0.1) is 0 Å². The van der Waals surface area contributed by atoms with Gasteiger partial charge in [-0.25, -0.2) is 0 Å². The summed E-state index contributed by atoms with van der Waals surface area (Å²) in [6, 6.07) is 12.3. The topological polar surface area (TPSA) is 64.3 Å². The van der Waals surface area contributed by atoms with Crippen molar-refractivity contribution in [1.82, 2.24) is 0 Å². The first-order valence-electron chi connectivity index (χ1n) is 6.28. The van der Waals surface area contributed by atoms with Crippen molar-refractivity contribution in [2.24, 2.45) is 0 Å². The van der Waals surface area contributed by atoms with Crippen LogP contribution in [0.15, 0.2) is 46.9 Å². The van der Waals surface area contributed by atoms with Gasteiger partial charge in [0.15, 0.2) is 0 Å². The van der Waals surface area contributed by atoms with Gasteiger partial charge in [-0.15, -0.1) is 0 Å². The standard InChI is InChI=1S/C15H14BrClN2O2/c16-13-8-10(17)4-5-14(13)19-15(20)6-7-21-12-3-1-2-11(18)9-12/h1-5,8-9H,6-7,18H2,(H,19,20). The first-order chi connectivity index (χ1) is 10.0. The van der Waals surface area contributed by atoms with Crippen molar-refractivity contribution in [2.75, 3.05) is 17.7 Å². The lowest BCUT2D eigenvalue weighted by Crippen LogP contribution is -2.15. The lowest BCUT2D eigenvalue weighted by Gasteiger charge is -2.09. The SMILES string of the molecule is Nc1cccc(OCCC(=O)Nc2ccc(Cl)cc2Br)c1. The second-order valence-electron chi connectivity index (χ2n) is 4.34. The van der Waals surface area contributed by atoms with E-state index < -0.39 is 0 Å². The van der Waals surface area contributed by atoms with Crippen LogP contribution in [0.1, 0.15) is 6.42 Å². The first kappa shape index (κ1) is 15.7. The molecule has 21 heavy (non-hydrogen) atoms.